The third kappa shape index (κ3) is 5.87. The summed E-state index contributed by atoms with van der Waals surface area (Å²) in [6.07, 6.45) is -2.01. The highest BCUT2D eigenvalue weighted by Crippen LogP contribution is 2.72. The van der Waals surface area contributed by atoms with Crippen LogP contribution in [0.4, 0.5) is 4.39 Å². The summed E-state index contributed by atoms with van der Waals surface area (Å²) in [7, 11) is 1.54. The molecule has 0 spiro atoms. The third-order valence-electron chi connectivity index (χ3n) is 10.3. The van der Waals surface area contributed by atoms with E-state index >= 15 is 4.39 Å². The van der Waals surface area contributed by atoms with E-state index in [0.29, 0.717) is 17.9 Å². The molecule has 0 amide bonds. The largest absolute Gasteiger partial charge is 0.497 e. The SMILES string of the molecule is COc1ccc(C(O[C@]23C[C@H]2C[C@@]2(OP(C)OCCC#N)[C@@H]3O[C@@H](n3cc(C)c(=O)[nH]c3=O)[C@@H]2F)(c2ccccc2)c2ccc(OC)cc2)cc1. The molecule has 2 saturated carbocycles. The van der Waals surface area contributed by atoms with Gasteiger partial charge < -0.3 is 28.0 Å². The lowest BCUT2D eigenvalue weighted by Gasteiger charge is -2.42. The summed E-state index contributed by atoms with van der Waals surface area (Å²) in [5, 5.41) is 9.07. The average molecular weight is 716 g/mol. The second-order valence-corrected chi connectivity index (χ2v) is 14.5. The number of benzene rings is 3. The van der Waals surface area contributed by atoms with Crippen LogP contribution in [0.5, 0.6) is 11.5 Å². The molecule has 11 nitrogen and oxygen atoms in total. The Balaban J connectivity index is 1.38. The molecule has 266 valence electrons. The van der Waals surface area contributed by atoms with Gasteiger partial charge >= 0.3 is 5.69 Å². The predicted molar refractivity (Wildman–Crippen MR) is 187 cm³/mol. The number of alkyl halides is 1. The fraction of sp³-hybridized carbons (Fsp3) is 0.395. The van der Waals surface area contributed by atoms with E-state index in [2.05, 4.69) is 4.98 Å². The van der Waals surface area contributed by atoms with Crippen LogP contribution in [0.3, 0.4) is 0 Å². The van der Waals surface area contributed by atoms with Crippen molar-refractivity contribution in [2.24, 2.45) is 5.92 Å². The van der Waals surface area contributed by atoms with Crippen LogP contribution in [0.25, 0.3) is 0 Å². The van der Waals surface area contributed by atoms with Gasteiger partial charge in [-0.1, -0.05) is 54.6 Å². The van der Waals surface area contributed by atoms with Crippen LogP contribution in [0.2, 0.25) is 0 Å². The van der Waals surface area contributed by atoms with Crippen molar-refractivity contribution in [2.45, 2.75) is 61.5 Å². The van der Waals surface area contributed by atoms with Gasteiger partial charge in [0.05, 0.1) is 33.3 Å². The number of aromatic amines is 1. The fourth-order valence-corrected chi connectivity index (χ4v) is 8.95. The molecule has 0 bridgehead atoms. The third-order valence-corrected chi connectivity index (χ3v) is 11.4. The Morgan fingerprint density at radius 2 is 1.55 bits per heavy atom. The molecule has 1 unspecified atom stereocenters. The quantitative estimate of drug-likeness (QED) is 0.102. The highest BCUT2D eigenvalue weighted by atomic mass is 31.2. The minimum absolute atomic E-state index is 0.121. The Morgan fingerprint density at radius 1 is 0.961 bits per heavy atom. The van der Waals surface area contributed by atoms with E-state index in [1.54, 1.807) is 20.9 Å². The first-order valence-electron chi connectivity index (χ1n) is 16.7. The Labute approximate surface area is 295 Å². The van der Waals surface area contributed by atoms with E-state index in [0.717, 1.165) is 21.3 Å². The number of ether oxygens (including phenoxy) is 4. The summed E-state index contributed by atoms with van der Waals surface area (Å²) >= 11 is 0. The second-order valence-electron chi connectivity index (χ2n) is 13.2. The number of methoxy groups -OCH3 is 2. The number of halogens is 1. The van der Waals surface area contributed by atoms with E-state index in [-0.39, 0.29) is 30.9 Å². The molecule has 13 heteroatoms. The number of aryl methyl sites for hydroxylation is 1. The number of rotatable bonds is 13. The lowest BCUT2D eigenvalue weighted by atomic mass is 9.79. The topological polar surface area (TPSA) is 134 Å². The van der Waals surface area contributed by atoms with Gasteiger partial charge in [-0.05, 0) is 66.6 Å². The monoisotopic (exact) mass is 715 g/mol. The van der Waals surface area contributed by atoms with Crippen LogP contribution in [0.1, 0.15) is 47.7 Å². The van der Waals surface area contributed by atoms with Crippen molar-refractivity contribution in [2.75, 3.05) is 27.5 Å². The van der Waals surface area contributed by atoms with Crippen LogP contribution in [-0.2, 0) is 24.1 Å². The van der Waals surface area contributed by atoms with Crippen molar-refractivity contribution in [1.82, 2.24) is 9.55 Å². The number of fused-ring (bicyclic) bond motifs is 3. The normalized spacial score (nSPS) is 26.9. The standard InChI is InChI=1S/C38H39FN3O8P/c1-24-23-42(35(44)41-32(24)43)33-31(39)37(50-51(4)47-20-8-19-40)22-28-21-36(28,34(37)48-33)49-38(25-9-6-5-7-10-25,26-11-15-29(45-2)16-12-26)27-13-17-30(46-3)18-14-27/h5-7,9-18,23,28,31,33-34H,8,20-22H2,1-4H3,(H,41,43,44)/t28-,31-,33+,34+,36+,37-,51?/m0/s1. The summed E-state index contributed by atoms with van der Waals surface area (Å²) in [4.78, 5) is 27.7. The Hall–Kier alpha value is -4.37. The van der Waals surface area contributed by atoms with Gasteiger partial charge in [0.15, 0.2) is 20.8 Å². The molecule has 3 aliphatic rings. The molecule has 1 aliphatic heterocycles. The zero-order chi connectivity index (χ0) is 36.0. The van der Waals surface area contributed by atoms with Crippen molar-refractivity contribution in [3.8, 4) is 17.6 Å². The summed E-state index contributed by atoms with van der Waals surface area (Å²) in [5.74, 6) is 1.17. The highest BCUT2D eigenvalue weighted by Gasteiger charge is 2.82. The molecule has 7 rings (SSSR count). The predicted octanol–water partition coefficient (Wildman–Crippen LogP) is 5.90. The molecule has 51 heavy (non-hydrogen) atoms. The lowest BCUT2D eigenvalue weighted by molar-refractivity contribution is -0.161. The molecule has 3 aromatic carbocycles. The zero-order valence-corrected chi connectivity index (χ0v) is 29.6. The smallest absolute Gasteiger partial charge is 0.330 e. The number of nitrogens with zero attached hydrogens (tertiary/aromatic N) is 2. The Kier molecular flexibility index (Phi) is 9.37. The van der Waals surface area contributed by atoms with E-state index in [1.165, 1.54) is 13.1 Å². The second kappa shape index (κ2) is 13.6. The van der Waals surface area contributed by atoms with Crippen LogP contribution >= 0.6 is 8.38 Å². The van der Waals surface area contributed by atoms with Gasteiger partial charge in [-0.15, -0.1) is 0 Å². The van der Waals surface area contributed by atoms with E-state index in [1.807, 2.05) is 84.9 Å². The van der Waals surface area contributed by atoms with E-state index in [4.69, 9.17) is 33.3 Å². The number of nitriles is 1. The summed E-state index contributed by atoms with van der Waals surface area (Å²) in [5.41, 5.74) is -2.57. The molecular formula is C38H39FN3O8P. The lowest BCUT2D eigenvalue weighted by Crippen LogP contribution is -2.52. The van der Waals surface area contributed by atoms with Crippen LogP contribution in [0.15, 0.2) is 94.6 Å². The maximum atomic E-state index is 17.3. The summed E-state index contributed by atoms with van der Waals surface area (Å²) < 4.78 is 56.1. The molecule has 7 atom stereocenters. The van der Waals surface area contributed by atoms with Crippen LogP contribution < -0.4 is 20.7 Å². The average Bonchev–Trinajstić information content (AvgIpc) is 3.66. The fourth-order valence-electron chi connectivity index (χ4n) is 7.80. The van der Waals surface area contributed by atoms with Crippen molar-refractivity contribution in [1.29, 1.82) is 5.26 Å². The van der Waals surface area contributed by atoms with Crippen molar-refractivity contribution >= 4 is 8.38 Å². The molecule has 1 saturated heterocycles. The molecule has 3 fully saturated rings. The molecular weight excluding hydrogens is 676 g/mol. The van der Waals surface area contributed by atoms with Crippen LogP contribution in [0, 0.1) is 24.2 Å². The maximum Gasteiger partial charge on any atom is 0.330 e. The van der Waals surface area contributed by atoms with E-state index in [9.17, 15) is 9.59 Å². The molecule has 1 N–H and O–H groups in total. The Bertz CT molecular complexity index is 1990. The summed E-state index contributed by atoms with van der Waals surface area (Å²) in [6.45, 7) is 3.38. The highest BCUT2D eigenvalue weighted by molar-refractivity contribution is 7.46. The molecule has 1 aromatic heterocycles. The van der Waals surface area contributed by atoms with Gasteiger partial charge in [0, 0.05) is 18.4 Å². The first-order chi connectivity index (χ1) is 24.6. The first kappa shape index (κ1) is 35.1. The van der Waals surface area contributed by atoms with Gasteiger partial charge in [0.25, 0.3) is 5.56 Å². The van der Waals surface area contributed by atoms with Crippen LogP contribution in [-0.4, -0.2) is 60.5 Å². The van der Waals surface area contributed by atoms with Crippen molar-refractivity contribution in [3.05, 3.63) is 128 Å². The van der Waals surface area contributed by atoms with Gasteiger partial charge in [-0.2, -0.15) is 5.26 Å². The van der Waals surface area contributed by atoms with Crippen molar-refractivity contribution in [3.63, 3.8) is 0 Å². The first-order valence-corrected chi connectivity index (χ1v) is 18.3. The zero-order valence-electron chi connectivity index (χ0n) is 28.7. The van der Waals surface area contributed by atoms with Gasteiger partial charge in [0.2, 0.25) is 0 Å². The summed E-state index contributed by atoms with van der Waals surface area (Å²) in [6, 6.07) is 27.2. The van der Waals surface area contributed by atoms with Gasteiger partial charge in [-0.3, -0.25) is 14.3 Å². The minimum atomic E-state index is -1.84. The number of hydrogen-bond donors (Lipinski definition) is 1. The number of H-pyrrole nitrogens is 1. The van der Waals surface area contributed by atoms with Gasteiger partial charge in [0.1, 0.15) is 34.4 Å². The maximum absolute atomic E-state index is 17.3. The Morgan fingerprint density at radius 3 is 2.14 bits per heavy atom. The number of hydrogen-bond acceptors (Lipinski definition) is 9. The van der Waals surface area contributed by atoms with Gasteiger partial charge in [-0.25, -0.2) is 9.18 Å². The number of aromatic nitrogens is 2. The van der Waals surface area contributed by atoms with E-state index < -0.39 is 54.9 Å². The minimum Gasteiger partial charge on any atom is -0.497 e. The van der Waals surface area contributed by atoms with Crippen molar-refractivity contribution < 1.29 is 32.4 Å². The molecule has 0 radical (unpaired) electrons. The number of nitrogens with one attached hydrogen (secondary N) is 1. The molecule has 2 heterocycles. The molecule has 2 aliphatic carbocycles. The molecule has 4 aromatic rings.